The van der Waals surface area contributed by atoms with Gasteiger partial charge in [0.05, 0.1) is 30.0 Å². The molecule has 0 spiro atoms. The first kappa shape index (κ1) is 25.6. The summed E-state index contributed by atoms with van der Waals surface area (Å²) >= 11 is 0. The van der Waals surface area contributed by atoms with Crippen LogP contribution in [0.4, 0.5) is 0 Å². The summed E-state index contributed by atoms with van der Waals surface area (Å²) in [5.41, 5.74) is -1.92. The molecule has 0 heterocycles. The number of fused-ring (bicyclic) bond motifs is 5. The molecule has 6 heteroatoms. The van der Waals surface area contributed by atoms with Gasteiger partial charge in [0.2, 0.25) is 0 Å². The van der Waals surface area contributed by atoms with E-state index in [1.807, 2.05) is 0 Å². The van der Waals surface area contributed by atoms with Crippen molar-refractivity contribution in [3.8, 4) is 0 Å². The Balaban J connectivity index is 1.64. The summed E-state index contributed by atoms with van der Waals surface area (Å²) in [6, 6.07) is 0. The van der Waals surface area contributed by atoms with Gasteiger partial charge in [0, 0.05) is 24.9 Å². The molecule has 13 unspecified atom stereocenters. The van der Waals surface area contributed by atoms with Gasteiger partial charge in [0.15, 0.2) is 0 Å². The van der Waals surface area contributed by atoms with Gasteiger partial charge in [-0.15, -0.1) is 0 Å². The molecule has 4 saturated carbocycles. The third-order valence-corrected chi connectivity index (χ3v) is 10.8. The third kappa shape index (κ3) is 3.84. The van der Waals surface area contributed by atoms with Crippen LogP contribution in [0.1, 0.15) is 72.6 Å². The molecule has 0 aromatic rings. The Morgan fingerprint density at radius 1 is 0.909 bits per heavy atom. The third-order valence-electron chi connectivity index (χ3n) is 10.8. The zero-order chi connectivity index (χ0) is 24.3. The van der Waals surface area contributed by atoms with Gasteiger partial charge in [-0.25, -0.2) is 0 Å². The molecule has 0 aliphatic heterocycles. The lowest BCUT2D eigenvalue weighted by molar-refractivity contribution is -0.280. The van der Waals surface area contributed by atoms with Crippen LogP contribution in [0.3, 0.4) is 0 Å². The molecule has 0 saturated heterocycles. The van der Waals surface area contributed by atoms with Crippen LogP contribution < -0.4 is 0 Å². The van der Waals surface area contributed by atoms with Crippen LogP contribution in [-0.4, -0.2) is 67.3 Å². The van der Waals surface area contributed by atoms with Crippen molar-refractivity contribution < 1.29 is 30.6 Å². The summed E-state index contributed by atoms with van der Waals surface area (Å²) in [7, 11) is 0. The molecule has 0 aromatic carbocycles. The number of aliphatic hydroxyl groups is 6. The van der Waals surface area contributed by atoms with E-state index in [4.69, 9.17) is 0 Å². The molecule has 6 N–H and O–H groups in total. The van der Waals surface area contributed by atoms with E-state index in [9.17, 15) is 30.6 Å². The predicted octanol–water partition coefficient (Wildman–Crippen LogP) is 2.24. The van der Waals surface area contributed by atoms with Gasteiger partial charge in [0.1, 0.15) is 0 Å². The summed E-state index contributed by atoms with van der Waals surface area (Å²) in [6.45, 7) is 8.74. The molecular weight excluding hydrogens is 420 g/mol. The Bertz CT molecular complexity index is 742. The topological polar surface area (TPSA) is 121 Å². The monoisotopic (exact) mass is 466 g/mol. The molecule has 0 aromatic heterocycles. The highest BCUT2D eigenvalue weighted by molar-refractivity contribution is 5.21. The first-order chi connectivity index (χ1) is 15.4. The lowest BCUT2D eigenvalue weighted by Crippen LogP contribution is -2.70. The minimum atomic E-state index is -1.19. The van der Waals surface area contributed by atoms with E-state index in [0.29, 0.717) is 25.2 Å². The van der Waals surface area contributed by atoms with Gasteiger partial charge in [-0.1, -0.05) is 39.8 Å². The van der Waals surface area contributed by atoms with E-state index in [-0.39, 0.29) is 42.1 Å². The van der Waals surface area contributed by atoms with Gasteiger partial charge in [-0.05, 0) is 73.0 Å². The fraction of sp³-hybridized carbons (Fsp3) is 0.926. The molecule has 4 aliphatic carbocycles. The maximum absolute atomic E-state index is 12.3. The number of hydrogen-bond acceptors (Lipinski definition) is 6. The quantitative estimate of drug-likeness (QED) is 0.346. The average molecular weight is 467 g/mol. The second-order valence-corrected chi connectivity index (χ2v) is 12.6. The number of allylic oxidation sites excluding steroid dienone is 2. The van der Waals surface area contributed by atoms with Crippen molar-refractivity contribution in [1.29, 1.82) is 0 Å². The Labute approximate surface area is 198 Å². The van der Waals surface area contributed by atoms with Crippen LogP contribution in [0.25, 0.3) is 0 Å². The fourth-order valence-electron chi connectivity index (χ4n) is 9.25. The standard InChI is InChI=1S/C27H46O6/c1-15(9-12-28)5-6-16(2)17-13-19(30)24-25(17,3)11-8-21-26(4)10-7-18(29)23(32)22(26)20(31)14-27(21,24)33/h5-6,15-24,28-33H,7-14H2,1-4H3. The van der Waals surface area contributed by atoms with Crippen molar-refractivity contribution >= 4 is 0 Å². The second-order valence-electron chi connectivity index (χ2n) is 12.6. The highest BCUT2D eigenvalue weighted by Crippen LogP contribution is 2.69. The smallest absolute Gasteiger partial charge is 0.0857 e. The zero-order valence-electron chi connectivity index (χ0n) is 20.8. The Morgan fingerprint density at radius 2 is 1.58 bits per heavy atom. The van der Waals surface area contributed by atoms with Gasteiger partial charge < -0.3 is 30.6 Å². The van der Waals surface area contributed by atoms with E-state index in [0.717, 1.165) is 19.3 Å². The van der Waals surface area contributed by atoms with Crippen molar-refractivity contribution in [2.45, 2.75) is 103 Å². The first-order valence-corrected chi connectivity index (χ1v) is 13.1. The molecule has 4 fully saturated rings. The maximum atomic E-state index is 12.3. The molecule has 33 heavy (non-hydrogen) atoms. The summed E-state index contributed by atoms with van der Waals surface area (Å²) < 4.78 is 0. The van der Waals surface area contributed by atoms with E-state index in [1.54, 1.807) is 0 Å². The Hall–Kier alpha value is -0.500. The van der Waals surface area contributed by atoms with Crippen molar-refractivity contribution in [1.82, 2.24) is 0 Å². The van der Waals surface area contributed by atoms with Crippen LogP contribution in [-0.2, 0) is 0 Å². The number of hydrogen-bond donors (Lipinski definition) is 6. The van der Waals surface area contributed by atoms with Crippen molar-refractivity contribution in [3.05, 3.63) is 12.2 Å². The molecule has 190 valence electrons. The van der Waals surface area contributed by atoms with E-state index in [1.165, 1.54) is 0 Å². The van der Waals surface area contributed by atoms with E-state index in [2.05, 4.69) is 39.8 Å². The maximum Gasteiger partial charge on any atom is 0.0857 e. The molecule has 13 atom stereocenters. The normalized spacial score (nSPS) is 53.9. The van der Waals surface area contributed by atoms with Crippen LogP contribution in [0.15, 0.2) is 12.2 Å². The summed E-state index contributed by atoms with van der Waals surface area (Å²) in [5.74, 6) is -0.148. The van der Waals surface area contributed by atoms with Gasteiger partial charge >= 0.3 is 0 Å². The van der Waals surface area contributed by atoms with Crippen molar-refractivity contribution in [3.63, 3.8) is 0 Å². The average Bonchev–Trinajstić information content (AvgIpc) is 3.00. The zero-order valence-corrected chi connectivity index (χ0v) is 20.8. The number of aliphatic hydroxyl groups excluding tert-OH is 5. The summed E-state index contributed by atoms with van der Waals surface area (Å²) in [6.07, 6.45) is 5.34. The minimum absolute atomic E-state index is 0.123. The van der Waals surface area contributed by atoms with E-state index >= 15 is 0 Å². The van der Waals surface area contributed by atoms with Gasteiger partial charge in [0.25, 0.3) is 0 Å². The minimum Gasteiger partial charge on any atom is -0.396 e. The highest BCUT2D eigenvalue weighted by atomic mass is 16.3. The molecular formula is C27H46O6. The van der Waals surface area contributed by atoms with Gasteiger partial charge in [-0.2, -0.15) is 0 Å². The molecule has 4 rings (SSSR count). The molecule has 4 aliphatic rings. The lowest BCUT2D eigenvalue weighted by atomic mass is 9.41. The number of rotatable bonds is 5. The second kappa shape index (κ2) is 8.86. The van der Waals surface area contributed by atoms with Crippen LogP contribution >= 0.6 is 0 Å². The van der Waals surface area contributed by atoms with Gasteiger partial charge in [-0.3, -0.25) is 0 Å². The van der Waals surface area contributed by atoms with Crippen molar-refractivity contribution in [2.24, 2.45) is 46.3 Å². The first-order valence-electron chi connectivity index (χ1n) is 13.1. The highest BCUT2D eigenvalue weighted by Gasteiger charge is 2.71. The van der Waals surface area contributed by atoms with Crippen LogP contribution in [0.2, 0.25) is 0 Å². The fourth-order valence-corrected chi connectivity index (χ4v) is 9.25. The van der Waals surface area contributed by atoms with Crippen LogP contribution in [0.5, 0.6) is 0 Å². The largest absolute Gasteiger partial charge is 0.396 e. The molecule has 0 bridgehead atoms. The SMILES string of the molecule is CC(C=CC(C)C1CC(O)C2C1(C)CCC1C3(C)CCC(O)C(O)C3C(O)CC12O)CCO. The molecule has 6 nitrogen and oxygen atoms in total. The van der Waals surface area contributed by atoms with E-state index < -0.39 is 41.3 Å². The summed E-state index contributed by atoms with van der Waals surface area (Å²) in [4.78, 5) is 0. The molecule has 0 radical (unpaired) electrons. The molecule has 0 amide bonds. The van der Waals surface area contributed by atoms with Crippen LogP contribution in [0, 0.1) is 46.3 Å². The Kier molecular flexibility index (Phi) is 6.87. The Morgan fingerprint density at radius 3 is 2.24 bits per heavy atom. The summed E-state index contributed by atoms with van der Waals surface area (Å²) in [5, 5.41) is 65.1. The lowest BCUT2D eigenvalue weighted by Gasteiger charge is -2.66. The van der Waals surface area contributed by atoms with Crippen molar-refractivity contribution in [2.75, 3.05) is 6.61 Å². The predicted molar refractivity (Wildman–Crippen MR) is 126 cm³/mol.